The Hall–Kier alpha value is -1.06. The third kappa shape index (κ3) is 2.97. The van der Waals surface area contributed by atoms with Crippen molar-refractivity contribution in [2.24, 2.45) is 17.8 Å². The minimum atomic E-state index is -0.783. The maximum atomic E-state index is 12.0. The Bertz CT molecular complexity index is 275. The Morgan fingerprint density at radius 2 is 1.94 bits per heavy atom. The number of nitrogens with zero attached hydrogens (tertiary/aromatic N) is 1. The van der Waals surface area contributed by atoms with Gasteiger partial charge in [0, 0.05) is 19.0 Å². The van der Waals surface area contributed by atoms with Crippen molar-refractivity contribution in [2.75, 3.05) is 13.1 Å². The lowest BCUT2D eigenvalue weighted by Gasteiger charge is -2.33. The molecule has 4 heteroatoms. The van der Waals surface area contributed by atoms with E-state index in [1.54, 1.807) is 4.90 Å². The number of hydrogen-bond acceptors (Lipinski definition) is 2. The van der Waals surface area contributed by atoms with Crippen molar-refractivity contribution >= 4 is 11.9 Å². The molecule has 0 bridgehead atoms. The Kier molecular flexibility index (Phi) is 4.33. The molecule has 1 unspecified atom stereocenters. The van der Waals surface area contributed by atoms with Gasteiger partial charge in [-0.25, -0.2) is 0 Å². The maximum absolute atomic E-state index is 12.0. The molecule has 0 radical (unpaired) electrons. The predicted octanol–water partition coefficient (Wildman–Crippen LogP) is 1.60. The third-order valence-corrected chi connectivity index (χ3v) is 3.47. The van der Waals surface area contributed by atoms with E-state index in [2.05, 4.69) is 0 Å². The van der Waals surface area contributed by atoms with E-state index in [-0.39, 0.29) is 17.7 Å². The zero-order valence-corrected chi connectivity index (χ0v) is 10.3. The van der Waals surface area contributed by atoms with Crippen molar-refractivity contribution in [1.29, 1.82) is 0 Å². The van der Waals surface area contributed by atoms with Crippen LogP contribution >= 0.6 is 0 Å². The summed E-state index contributed by atoms with van der Waals surface area (Å²) in [6, 6.07) is 0. The fraction of sp³-hybridized carbons (Fsp3) is 0.833. The lowest BCUT2D eigenvalue weighted by molar-refractivity contribution is -0.147. The van der Waals surface area contributed by atoms with Gasteiger partial charge in [0.15, 0.2) is 0 Å². The first-order chi connectivity index (χ1) is 7.43. The van der Waals surface area contributed by atoms with Gasteiger partial charge in [0.05, 0.1) is 5.92 Å². The second-order valence-corrected chi connectivity index (χ2v) is 4.99. The fourth-order valence-electron chi connectivity index (χ4n) is 1.95. The summed E-state index contributed by atoms with van der Waals surface area (Å²) in [5, 5.41) is 8.95. The molecule has 92 valence electrons. The summed E-state index contributed by atoms with van der Waals surface area (Å²) in [6.45, 7) is 7.03. The second-order valence-electron chi connectivity index (χ2n) is 4.99. The van der Waals surface area contributed by atoms with Crippen LogP contribution in [-0.4, -0.2) is 35.0 Å². The van der Waals surface area contributed by atoms with E-state index in [9.17, 15) is 9.59 Å². The van der Waals surface area contributed by atoms with Gasteiger partial charge in [0.2, 0.25) is 5.91 Å². The van der Waals surface area contributed by atoms with E-state index in [0.717, 1.165) is 6.42 Å². The quantitative estimate of drug-likeness (QED) is 0.796. The summed E-state index contributed by atoms with van der Waals surface area (Å²) < 4.78 is 0. The van der Waals surface area contributed by atoms with Crippen molar-refractivity contribution in [3.63, 3.8) is 0 Å². The van der Waals surface area contributed by atoms with Crippen molar-refractivity contribution in [1.82, 2.24) is 4.90 Å². The number of carbonyl (C=O) groups excluding carboxylic acids is 1. The monoisotopic (exact) mass is 227 g/mol. The first-order valence-corrected chi connectivity index (χ1v) is 5.95. The molecule has 16 heavy (non-hydrogen) atoms. The van der Waals surface area contributed by atoms with Gasteiger partial charge >= 0.3 is 5.97 Å². The number of piperidine rings is 1. The van der Waals surface area contributed by atoms with E-state index in [1.165, 1.54) is 0 Å². The number of carboxylic acids is 1. The molecule has 1 N–H and O–H groups in total. The van der Waals surface area contributed by atoms with Gasteiger partial charge in [-0.05, 0) is 18.8 Å². The van der Waals surface area contributed by atoms with Crippen LogP contribution in [0.2, 0.25) is 0 Å². The highest BCUT2D eigenvalue weighted by molar-refractivity contribution is 5.80. The normalized spacial score (nSPS) is 23.2. The molecule has 1 amide bonds. The van der Waals surface area contributed by atoms with Crippen molar-refractivity contribution < 1.29 is 14.7 Å². The Morgan fingerprint density at radius 1 is 1.31 bits per heavy atom. The van der Waals surface area contributed by atoms with Gasteiger partial charge in [-0.3, -0.25) is 9.59 Å². The van der Waals surface area contributed by atoms with Crippen LogP contribution in [0, 0.1) is 17.8 Å². The minimum Gasteiger partial charge on any atom is -0.481 e. The maximum Gasteiger partial charge on any atom is 0.308 e. The summed E-state index contributed by atoms with van der Waals surface area (Å²) in [5.74, 6) is -0.780. The molecular weight excluding hydrogens is 206 g/mol. The highest BCUT2D eigenvalue weighted by Gasteiger charge is 2.30. The number of carbonyl (C=O) groups is 2. The molecule has 0 saturated carbocycles. The molecule has 1 aliphatic rings. The zero-order valence-electron chi connectivity index (χ0n) is 10.3. The van der Waals surface area contributed by atoms with Crippen LogP contribution in [0.1, 0.15) is 33.6 Å². The molecule has 0 spiro atoms. The zero-order chi connectivity index (χ0) is 12.3. The Morgan fingerprint density at radius 3 is 2.44 bits per heavy atom. The molecule has 1 rings (SSSR count). The molecule has 4 nitrogen and oxygen atoms in total. The van der Waals surface area contributed by atoms with Crippen molar-refractivity contribution in [3.8, 4) is 0 Å². The Balaban J connectivity index is 2.60. The second kappa shape index (κ2) is 5.32. The number of aliphatic carboxylic acids is 1. The van der Waals surface area contributed by atoms with Crippen LogP contribution in [0.4, 0.5) is 0 Å². The fourth-order valence-corrected chi connectivity index (χ4v) is 1.95. The number of rotatable bonds is 3. The molecule has 1 aliphatic heterocycles. The number of carboxylic acid groups (broad SMARTS) is 1. The van der Waals surface area contributed by atoms with E-state index >= 15 is 0 Å². The Labute approximate surface area is 96.6 Å². The van der Waals surface area contributed by atoms with E-state index in [1.807, 2.05) is 20.8 Å². The molecule has 0 aliphatic carbocycles. The first kappa shape index (κ1) is 13.0. The van der Waals surface area contributed by atoms with Crippen LogP contribution in [0.3, 0.4) is 0 Å². The minimum absolute atomic E-state index is 0.0208. The molecule has 0 aromatic heterocycles. The molecule has 1 heterocycles. The lowest BCUT2D eigenvalue weighted by atomic mass is 9.93. The first-order valence-electron chi connectivity index (χ1n) is 5.95. The largest absolute Gasteiger partial charge is 0.481 e. The molecular formula is C12H21NO3. The van der Waals surface area contributed by atoms with Gasteiger partial charge in [-0.1, -0.05) is 20.8 Å². The molecule has 0 aromatic rings. The predicted molar refractivity (Wildman–Crippen MR) is 60.9 cm³/mol. The van der Waals surface area contributed by atoms with E-state index in [0.29, 0.717) is 25.4 Å². The van der Waals surface area contributed by atoms with Crippen LogP contribution < -0.4 is 0 Å². The standard InChI is InChI=1S/C12H21NO3/c1-8(2)9(3)11(14)13-6-4-5-10(7-13)12(15)16/h8-10H,4-7H2,1-3H3,(H,15,16)/t9?,10-/m1/s1. The average Bonchev–Trinajstić information content (AvgIpc) is 2.27. The van der Waals surface area contributed by atoms with Crippen LogP contribution in [0.5, 0.6) is 0 Å². The number of hydrogen-bond donors (Lipinski definition) is 1. The van der Waals surface area contributed by atoms with Gasteiger partial charge in [0.1, 0.15) is 0 Å². The topological polar surface area (TPSA) is 57.6 Å². The highest BCUT2D eigenvalue weighted by Crippen LogP contribution is 2.21. The number of amides is 1. The smallest absolute Gasteiger partial charge is 0.308 e. The van der Waals surface area contributed by atoms with Gasteiger partial charge in [-0.15, -0.1) is 0 Å². The average molecular weight is 227 g/mol. The highest BCUT2D eigenvalue weighted by atomic mass is 16.4. The van der Waals surface area contributed by atoms with Crippen LogP contribution in [0.15, 0.2) is 0 Å². The summed E-state index contributed by atoms with van der Waals surface area (Å²) in [6.07, 6.45) is 1.49. The number of likely N-dealkylation sites (tertiary alicyclic amines) is 1. The summed E-state index contributed by atoms with van der Waals surface area (Å²) in [5.41, 5.74) is 0. The van der Waals surface area contributed by atoms with Crippen LogP contribution in [-0.2, 0) is 9.59 Å². The molecule has 1 fully saturated rings. The van der Waals surface area contributed by atoms with Gasteiger partial charge in [-0.2, -0.15) is 0 Å². The SMILES string of the molecule is CC(C)C(C)C(=O)N1CCC[C@@H](C(=O)O)C1. The lowest BCUT2D eigenvalue weighted by Crippen LogP contribution is -2.45. The summed E-state index contributed by atoms with van der Waals surface area (Å²) in [7, 11) is 0. The van der Waals surface area contributed by atoms with Gasteiger partial charge in [0.25, 0.3) is 0 Å². The molecule has 1 saturated heterocycles. The van der Waals surface area contributed by atoms with E-state index < -0.39 is 5.97 Å². The van der Waals surface area contributed by atoms with Crippen LogP contribution in [0.25, 0.3) is 0 Å². The van der Waals surface area contributed by atoms with Gasteiger partial charge < -0.3 is 10.0 Å². The molecule has 0 aromatic carbocycles. The summed E-state index contributed by atoms with van der Waals surface area (Å²) >= 11 is 0. The summed E-state index contributed by atoms with van der Waals surface area (Å²) in [4.78, 5) is 24.6. The third-order valence-electron chi connectivity index (χ3n) is 3.47. The van der Waals surface area contributed by atoms with Crippen molar-refractivity contribution in [3.05, 3.63) is 0 Å². The van der Waals surface area contributed by atoms with E-state index in [4.69, 9.17) is 5.11 Å². The van der Waals surface area contributed by atoms with Crippen molar-refractivity contribution in [2.45, 2.75) is 33.6 Å². The molecule has 2 atom stereocenters.